The second-order valence-corrected chi connectivity index (χ2v) is 24.9. The molecule has 0 spiro atoms. The molecule has 0 radical (unpaired) electrons. The van der Waals surface area contributed by atoms with Crippen LogP contribution in [0.2, 0.25) is 0 Å². The van der Waals surface area contributed by atoms with E-state index in [9.17, 15) is 28.8 Å². The highest BCUT2D eigenvalue weighted by Gasteiger charge is 2.29. The number of ether oxygens (including phenoxy) is 4. The van der Waals surface area contributed by atoms with Crippen LogP contribution in [-0.4, -0.2) is 90.5 Å². The molecule has 1 unspecified atom stereocenters. The number of unbranched alkanes of at least 4 members (excludes halogenated alkanes) is 30. The van der Waals surface area contributed by atoms with Crippen LogP contribution >= 0.6 is 11.8 Å². The Morgan fingerprint density at radius 3 is 1.33 bits per heavy atom. The first-order valence-corrected chi connectivity index (χ1v) is 32.7. The first-order chi connectivity index (χ1) is 37.9. The molecule has 0 heterocycles. The maximum Gasteiger partial charge on any atom is 0.407 e. The molecule has 0 fully saturated rings. The minimum absolute atomic E-state index is 0.0105. The number of hydrogen-bond donors (Lipinski definition) is 4. The standard InChI is InChI=1S/C64H114N4O10S/c1-9-11-13-15-17-19-21-23-25-27-29-31-33-35-37-39-48-65-61(73)75-51-55(76-62(74)66-49-40-38-36-34-32-30-28-26-24-22-20-18-16-14-12-10-2)52-79-50-47-57(69)67-54-43-41-53(42-44-54)59(71)68-56(60(72)78-64(6,7)8)45-46-58(70)77-63(3,4)5/h41-44,55-56H,9-40,45-52H2,1-8H3,(H,65,73)(H,66,74)(H,67,69)(H,68,71)/t55?,56-/m0/s1. The Bertz CT molecular complexity index is 1730. The molecular formula is C64H114N4O10S. The first-order valence-electron chi connectivity index (χ1n) is 31.5. The third kappa shape index (κ3) is 46.3. The van der Waals surface area contributed by atoms with E-state index in [-0.39, 0.29) is 37.3 Å². The molecule has 456 valence electrons. The lowest BCUT2D eigenvalue weighted by Crippen LogP contribution is -2.44. The Balaban J connectivity index is 2.57. The summed E-state index contributed by atoms with van der Waals surface area (Å²) in [4.78, 5) is 77.3. The molecule has 0 aliphatic heterocycles. The lowest BCUT2D eigenvalue weighted by Gasteiger charge is -2.25. The predicted molar refractivity (Wildman–Crippen MR) is 326 cm³/mol. The minimum atomic E-state index is -1.09. The van der Waals surface area contributed by atoms with Crippen LogP contribution in [-0.2, 0) is 33.3 Å². The highest BCUT2D eigenvalue weighted by molar-refractivity contribution is 7.99. The van der Waals surface area contributed by atoms with E-state index in [0.29, 0.717) is 30.3 Å². The molecule has 1 rings (SSSR count). The van der Waals surface area contributed by atoms with Gasteiger partial charge in [-0.25, -0.2) is 14.4 Å². The van der Waals surface area contributed by atoms with Crippen LogP contribution in [0, 0.1) is 0 Å². The second kappa shape index (κ2) is 47.6. The molecule has 2 atom stereocenters. The molecule has 0 saturated heterocycles. The summed E-state index contributed by atoms with van der Waals surface area (Å²) in [5, 5.41) is 11.2. The molecular weight excluding hydrogens is 1020 g/mol. The van der Waals surface area contributed by atoms with Gasteiger partial charge in [0.25, 0.3) is 5.91 Å². The molecule has 4 N–H and O–H groups in total. The lowest BCUT2D eigenvalue weighted by atomic mass is 10.0. The Morgan fingerprint density at radius 2 is 0.911 bits per heavy atom. The zero-order valence-electron chi connectivity index (χ0n) is 51.2. The number of carbonyl (C=O) groups is 6. The quantitative estimate of drug-likeness (QED) is 0.0276. The zero-order chi connectivity index (χ0) is 58.3. The van der Waals surface area contributed by atoms with Gasteiger partial charge >= 0.3 is 24.1 Å². The normalized spacial score (nSPS) is 12.3. The number of thioether (sulfide) groups is 1. The number of nitrogens with one attached hydrogen (secondary N) is 4. The summed E-state index contributed by atoms with van der Waals surface area (Å²) in [5.41, 5.74) is -0.782. The number of anilines is 1. The number of esters is 2. The number of benzene rings is 1. The summed E-state index contributed by atoms with van der Waals surface area (Å²) in [7, 11) is 0. The smallest absolute Gasteiger partial charge is 0.407 e. The van der Waals surface area contributed by atoms with Gasteiger partial charge in [-0.2, -0.15) is 11.8 Å². The number of amides is 4. The van der Waals surface area contributed by atoms with Crippen molar-refractivity contribution in [2.45, 2.75) is 303 Å². The SMILES string of the molecule is CCCCCCCCCCCCCCCCCCNC(=O)OCC(CSCCC(=O)Nc1ccc(C(=O)N[C@@H](CCC(=O)OC(C)(C)C)C(=O)OC(C)(C)C)cc1)OC(=O)NCCCCCCCCCCCCCCCCCC. The van der Waals surface area contributed by atoms with Gasteiger partial charge in [0, 0.05) is 48.7 Å². The number of rotatable bonds is 49. The summed E-state index contributed by atoms with van der Waals surface area (Å²) in [6.07, 6.45) is 39.2. The van der Waals surface area contributed by atoms with Crippen molar-refractivity contribution in [3.8, 4) is 0 Å². The van der Waals surface area contributed by atoms with Gasteiger partial charge in [-0.05, 0) is 85.1 Å². The van der Waals surface area contributed by atoms with Crippen molar-refractivity contribution in [3.63, 3.8) is 0 Å². The molecule has 15 heteroatoms. The van der Waals surface area contributed by atoms with Crippen molar-refractivity contribution in [1.82, 2.24) is 16.0 Å². The average molecular weight is 1130 g/mol. The third-order valence-corrected chi connectivity index (χ3v) is 14.6. The number of alkyl carbamates (subject to hydrolysis) is 2. The largest absolute Gasteiger partial charge is 0.460 e. The average Bonchev–Trinajstić information content (AvgIpc) is 3.39. The van der Waals surface area contributed by atoms with Gasteiger partial charge in [0.15, 0.2) is 0 Å². The highest BCUT2D eigenvalue weighted by Crippen LogP contribution is 2.19. The second-order valence-electron chi connectivity index (χ2n) is 23.7. The van der Waals surface area contributed by atoms with Crippen LogP contribution in [0.5, 0.6) is 0 Å². The van der Waals surface area contributed by atoms with Crippen LogP contribution in [0.3, 0.4) is 0 Å². The van der Waals surface area contributed by atoms with Crippen LogP contribution in [0.4, 0.5) is 15.3 Å². The number of hydrogen-bond acceptors (Lipinski definition) is 11. The Hall–Kier alpha value is -4.01. The van der Waals surface area contributed by atoms with Crippen molar-refractivity contribution in [3.05, 3.63) is 29.8 Å². The zero-order valence-corrected chi connectivity index (χ0v) is 52.1. The van der Waals surface area contributed by atoms with Crippen molar-refractivity contribution in [2.24, 2.45) is 0 Å². The van der Waals surface area contributed by atoms with Crippen molar-refractivity contribution < 1.29 is 47.7 Å². The van der Waals surface area contributed by atoms with E-state index >= 15 is 0 Å². The summed E-state index contributed by atoms with van der Waals surface area (Å²) in [5.74, 6) is -1.23. The maximum atomic E-state index is 13.3. The summed E-state index contributed by atoms with van der Waals surface area (Å²) < 4.78 is 22.2. The fourth-order valence-electron chi connectivity index (χ4n) is 9.08. The van der Waals surface area contributed by atoms with Crippen molar-refractivity contribution >= 4 is 53.4 Å². The first kappa shape index (κ1) is 73.0. The van der Waals surface area contributed by atoms with E-state index in [2.05, 4.69) is 35.1 Å². The topological polar surface area (TPSA) is 187 Å². The van der Waals surface area contributed by atoms with Gasteiger partial charge < -0.3 is 40.2 Å². The molecule has 0 bridgehead atoms. The van der Waals surface area contributed by atoms with E-state index in [4.69, 9.17) is 18.9 Å². The van der Waals surface area contributed by atoms with Gasteiger partial charge in [0.1, 0.15) is 30.0 Å². The van der Waals surface area contributed by atoms with Crippen LogP contribution in [0.15, 0.2) is 24.3 Å². The fourth-order valence-corrected chi connectivity index (χ4v) is 10.0. The van der Waals surface area contributed by atoms with Crippen LogP contribution < -0.4 is 21.3 Å². The van der Waals surface area contributed by atoms with Crippen LogP contribution in [0.25, 0.3) is 0 Å². The molecule has 0 aliphatic carbocycles. The van der Waals surface area contributed by atoms with E-state index in [0.717, 1.165) is 38.5 Å². The Morgan fingerprint density at radius 1 is 0.506 bits per heavy atom. The summed E-state index contributed by atoms with van der Waals surface area (Å²) >= 11 is 1.41. The van der Waals surface area contributed by atoms with Gasteiger partial charge in [-0.15, -0.1) is 0 Å². The van der Waals surface area contributed by atoms with E-state index < -0.39 is 53.4 Å². The van der Waals surface area contributed by atoms with Gasteiger partial charge in [0.05, 0.1) is 0 Å². The minimum Gasteiger partial charge on any atom is -0.460 e. The third-order valence-electron chi connectivity index (χ3n) is 13.5. The van der Waals surface area contributed by atoms with Crippen molar-refractivity contribution in [1.29, 1.82) is 0 Å². The summed E-state index contributed by atoms with van der Waals surface area (Å²) in [6, 6.07) is 5.16. The fraction of sp³-hybridized carbons (Fsp3) is 0.812. The lowest BCUT2D eigenvalue weighted by molar-refractivity contribution is -0.158. The van der Waals surface area contributed by atoms with Gasteiger partial charge in [0.2, 0.25) is 5.91 Å². The highest BCUT2D eigenvalue weighted by atomic mass is 32.2. The molecule has 0 saturated carbocycles. The van der Waals surface area contributed by atoms with E-state index in [1.165, 1.54) is 191 Å². The summed E-state index contributed by atoms with van der Waals surface area (Å²) in [6.45, 7) is 15.9. The van der Waals surface area contributed by atoms with Crippen LogP contribution in [0.1, 0.15) is 290 Å². The molecule has 0 aromatic heterocycles. The van der Waals surface area contributed by atoms with Gasteiger partial charge in [-0.3, -0.25) is 14.4 Å². The molecule has 0 aliphatic rings. The van der Waals surface area contributed by atoms with E-state index in [1.54, 1.807) is 53.7 Å². The maximum absolute atomic E-state index is 13.3. The molecule has 1 aromatic carbocycles. The van der Waals surface area contributed by atoms with E-state index in [1.807, 2.05) is 0 Å². The number of carbonyl (C=O) groups excluding carboxylic acids is 6. The van der Waals surface area contributed by atoms with Crippen molar-refractivity contribution in [2.75, 3.05) is 36.5 Å². The Kier molecular flexibility index (Phi) is 44.0. The molecule has 14 nitrogen and oxygen atoms in total. The molecule has 1 aromatic rings. The predicted octanol–water partition coefficient (Wildman–Crippen LogP) is 16.7. The Labute approximate surface area is 484 Å². The molecule has 79 heavy (non-hydrogen) atoms. The monoisotopic (exact) mass is 1130 g/mol. The van der Waals surface area contributed by atoms with Gasteiger partial charge in [-0.1, -0.05) is 206 Å². The molecule has 4 amide bonds.